The first-order valence-electron chi connectivity index (χ1n) is 7.47. The lowest BCUT2D eigenvalue weighted by molar-refractivity contribution is -0.175. The van der Waals surface area contributed by atoms with Crippen molar-refractivity contribution in [2.45, 2.75) is 31.4 Å². The molecule has 22 heavy (non-hydrogen) atoms. The number of likely N-dealkylation sites (tertiary alicyclic amines) is 1. The van der Waals surface area contributed by atoms with Crippen LogP contribution >= 0.6 is 0 Å². The molecule has 0 spiro atoms. The van der Waals surface area contributed by atoms with Gasteiger partial charge in [0.25, 0.3) is 0 Å². The van der Waals surface area contributed by atoms with Gasteiger partial charge < -0.3 is 20.5 Å². The van der Waals surface area contributed by atoms with Crippen molar-refractivity contribution in [2.75, 3.05) is 13.2 Å². The highest BCUT2D eigenvalue weighted by molar-refractivity contribution is 6.01. The highest BCUT2D eigenvalue weighted by Crippen LogP contribution is 2.49. The number of nitrogens with two attached hydrogens (primary N) is 1. The SMILES string of the molecule is C[C@@]12C[C@@H](c3ccccc3O1)[C@H](C(N)=O)C(=O)N2CCCO. The van der Waals surface area contributed by atoms with Gasteiger partial charge in [-0.3, -0.25) is 9.59 Å². The van der Waals surface area contributed by atoms with E-state index in [1.807, 2.05) is 31.2 Å². The molecule has 2 heterocycles. The van der Waals surface area contributed by atoms with Gasteiger partial charge in [-0.2, -0.15) is 0 Å². The van der Waals surface area contributed by atoms with Crippen LogP contribution in [0, 0.1) is 5.92 Å². The molecule has 3 N–H and O–H groups in total. The van der Waals surface area contributed by atoms with E-state index in [4.69, 9.17) is 15.6 Å². The van der Waals surface area contributed by atoms with Crippen molar-refractivity contribution in [1.82, 2.24) is 4.90 Å². The summed E-state index contributed by atoms with van der Waals surface area (Å²) in [6.07, 6.45) is 0.956. The fourth-order valence-electron chi connectivity index (χ4n) is 3.61. The largest absolute Gasteiger partial charge is 0.468 e. The van der Waals surface area contributed by atoms with Crippen LogP contribution in [0.1, 0.15) is 31.2 Å². The number of primary amides is 1. The molecule has 6 nitrogen and oxygen atoms in total. The van der Waals surface area contributed by atoms with Gasteiger partial charge in [0, 0.05) is 25.5 Å². The minimum atomic E-state index is -0.878. The Bertz CT molecular complexity index is 618. The van der Waals surface area contributed by atoms with E-state index in [0.29, 0.717) is 25.1 Å². The van der Waals surface area contributed by atoms with E-state index >= 15 is 0 Å². The van der Waals surface area contributed by atoms with Gasteiger partial charge in [-0.15, -0.1) is 0 Å². The van der Waals surface area contributed by atoms with Crippen LogP contribution in [0.25, 0.3) is 0 Å². The lowest BCUT2D eigenvalue weighted by Crippen LogP contribution is -2.64. The van der Waals surface area contributed by atoms with Crippen LogP contribution < -0.4 is 10.5 Å². The van der Waals surface area contributed by atoms with E-state index in [9.17, 15) is 9.59 Å². The molecule has 0 unspecified atom stereocenters. The molecule has 1 saturated heterocycles. The number of carbonyl (C=O) groups excluding carboxylic acids is 2. The predicted molar refractivity (Wildman–Crippen MR) is 78.9 cm³/mol. The van der Waals surface area contributed by atoms with E-state index in [-0.39, 0.29) is 18.4 Å². The van der Waals surface area contributed by atoms with Gasteiger partial charge in [-0.05, 0) is 25.0 Å². The summed E-state index contributed by atoms with van der Waals surface area (Å²) in [7, 11) is 0. The first-order chi connectivity index (χ1) is 10.5. The second-order valence-corrected chi connectivity index (χ2v) is 6.07. The predicted octanol–water partition coefficient (Wildman–Crippen LogP) is 0.595. The van der Waals surface area contributed by atoms with Gasteiger partial charge >= 0.3 is 0 Å². The summed E-state index contributed by atoms with van der Waals surface area (Å²) in [5.74, 6) is -1.37. The maximum Gasteiger partial charge on any atom is 0.238 e. The molecule has 2 bridgehead atoms. The number of piperidine rings is 1. The van der Waals surface area contributed by atoms with Crippen molar-refractivity contribution < 1.29 is 19.4 Å². The second-order valence-electron chi connectivity index (χ2n) is 6.07. The highest BCUT2D eigenvalue weighted by Gasteiger charge is 2.55. The molecule has 0 radical (unpaired) electrons. The van der Waals surface area contributed by atoms with Crippen LogP contribution in [0.15, 0.2) is 24.3 Å². The van der Waals surface area contributed by atoms with Gasteiger partial charge in [-0.1, -0.05) is 18.2 Å². The molecule has 6 heteroatoms. The van der Waals surface area contributed by atoms with E-state index in [1.165, 1.54) is 0 Å². The number of aliphatic hydroxyl groups excluding tert-OH is 1. The highest BCUT2D eigenvalue weighted by atomic mass is 16.5. The van der Waals surface area contributed by atoms with Crippen molar-refractivity contribution in [3.8, 4) is 5.75 Å². The summed E-state index contributed by atoms with van der Waals surface area (Å²) >= 11 is 0. The molecule has 3 rings (SSSR count). The Morgan fingerprint density at radius 2 is 2.23 bits per heavy atom. The third kappa shape index (κ3) is 2.14. The molecule has 0 saturated carbocycles. The standard InChI is InChI=1S/C16H20N2O4/c1-16-9-11(10-5-2-3-6-12(10)22-16)13(14(17)20)15(21)18(16)7-4-8-19/h2-3,5-6,11,13,19H,4,7-9H2,1H3,(H2,17,20)/t11-,13+,16-/m0/s1. The van der Waals surface area contributed by atoms with E-state index in [2.05, 4.69) is 0 Å². The van der Waals surface area contributed by atoms with E-state index < -0.39 is 17.6 Å². The maximum absolute atomic E-state index is 12.8. The summed E-state index contributed by atoms with van der Waals surface area (Å²) in [5, 5.41) is 9.05. The third-order valence-corrected chi connectivity index (χ3v) is 4.60. The zero-order valence-corrected chi connectivity index (χ0v) is 12.5. The van der Waals surface area contributed by atoms with Gasteiger partial charge in [0.1, 0.15) is 11.7 Å². The van der Waals surface area contributed by atoms with Crippen LogP contribution in [0.4, 0.5) is 0 Å². The summed E-state index contributed by atoms with van der Waals surface area (Å²) < 4.78 is 6.07. The number of hydrogen-bond donors (Lipinski definition) is 2. The second kappa shape index (κ2) is 5.28. The first kappa shape index (κ1) is 14.8. The van der Waals surface area contributed by atoms with E-state index in [0.717, 1.165) is 5.56 Å². The number of nitrogens with zero attached hydrogens (tertiary/aromatic N) is 1. The number of carbonyl (C=O) groups is 2. The molecule has 2 aliphatic rings. The van der Waals surface area contributed by atoms with Crippen molar-refractivity contribution in [1.29, 1.82) is 0 Å². The fourth-order valence-corrected chi connectivity index (χ4v) is 3.61. The lowest BCUT2D eigenvalue weighted by Gasteiger charge is -2.52. The molecular formula is C16H20N2O4. The number of rotatable bonds is 4. The molecule has 118 valence electrons. The zero-order valence-electron chi connectivity index (χ0n) is 12.5. The number of para-hydroxylation sites is 1. The smallest absolute Gasteiger partial charge is 0.238 e. The first-order valence-corrected chi connectivity index (χ1v) is 7.47. The number of amides is 2. The Morgan fingerprint density at radius 1 is 1.50 bits per heavy atom. The van der Waals surface area contributed by atoms with E-state index in [1.54, 1.807) is 4.90 Å². The molecule has 2 amide bonds. The van der Waals surface area contributed by atoms with Crippen LogP contribution in [0.3, 0.4) is 0 Å². The summed E-state index contributed by atoms with van der Waals surface area (Å²) in [5.41, 5.74) is 5.56. The maximum atomic E-state index is 12.8. The van der Waals surface area contributed by atoms with Gasteiger partial charge in [-0.25, -0.2) is 0 Å². The number of benzene rings is 1. The van der Waals surface area contributed by atoms with Crippen molar-refractivity contribution in [3.05, 3.63) is 29.8 Å². The summed E-state index contributed by atoms with van der Waals surface area (Å²) in [4.78, 5) is 26.2. The molecule has 1 aromatic carbocycles. The average Bonchev–Trinajstić information content (AvgIpc) is 2.46. The molecule has 0 aliphatic carbocycles. The molecule has 2 aliphatic heterocycles. The van der Waals surface area contributed by atoms with Crippen molar-refractivity contribution in [2.24, 2.45) is 11.7 Å². The molecule has 0 aromatic heterocycles. The number of ether oxygens (including phenoxy) is 1. The Balaban J connectivity index is 2.07. The number of hydrogen-bond acceptors (Lipinski definition) is 4. The summed E-state index contributed by atoms with van der Waals surface area (Å²) in [6, 6.07) is 7.46. The van der Waals surface area contributed by atoms with Crippen molar-refractivity contribution in [3.63, 3.8) is 0 Å². The minimum Gasteiger partial charge on any atom is -0.468 e. The Kier molecular flexibility index (Phi) is 3.56. The average molecular weight is 304 g/mol. The third-order valence-electron chi connectivity index (χ3n) is 4.60. The zero-order chi connectivity index (χ0) is 15.9. The van der Waals surface area contributed by atoms with Crippen LogP contribution in [0.2, 0.25) is 0 Å². The van der Waals surface area contributed by atoms with Crippen molar-refractivity contribution >= 4 is 11.8 Å². The number of aliphatic hydroxyl groups is 1. The van der Waals surface area contributed by atoms with Crippen LogP contribution in [-0.4, -0.2) is 40.7 Å². The number of fused-ring (bicyclic) bond motifs is 4. The van der Waals surface area contributed by atoms with Crippen LogP contribution in [0.5, 0.6) is 5.75 Å². The minimum absolute atomic E-state index is 0.0267. The molecule has 1 fully saturated rings. The van der Waals surface area contributed by atoms with Crippen LogP contribution in [-0.2, 0) is 9.59 Å². The molecule has 1 aromatic rings. The lowest BCUT2D eigenvalue weighted by atomic mass is 9.73. The summed E-state index contributed by atoms with van der Waals surface area (Å²) in [6.45, 7) is 2.16. The Morgan fingerprint density at radius 3 is 2.91 bits per heavy atom. The molecular weight excluding hydrogens is 284 g/mol. The topological polar surface area (TPSA) is 92.9 Å². The van der Waals surface area contributed by atoms with Gasteiger partial charge in [0.2, 0.25) is 11.8 Å². The Labute approximate surface area is 128 Å². The molecule has 3 atom stereocenters. The fraction of sp³-hybridized carbons (Fsp3) is 0.500. The van der Waals surface area contributed by atoms with Gasteiger partial charge in [0.05, 0.1) is 0 Å². The Hall–Kier alpha value is -2.08. The quantitative estimate of drug-likeness (QED) is 0.796. The normalized spacial score (nSPS) is 29.7. The monoisotopic (exact) mass is 304 g/mol. The van der Waals surface area contributed by atoms with Gasteiger partial charge in [0.15, 0.2) is 5.72 Å².